The van der Waals surface area contributed by atoms with Crippen molar-refractivity contribution >= 4 is 13.9 Å². The minimum atomic E-state index is -4.51. The van der Waals surface area contributed by atoms with Crippen molar-refractivity contribution in [2.45, 2.75) is 13.5 Å². The molecule has 6 nitrogen and oxygen atoms in total. The summed E-state index contributed by atoms with van der Waals surface area (Å²) < 4.78 is 14.8. The number of nitrogens with zero attached hydrogens (tertiary/aromatic N) is 1. The van der Waals surface area contributed by atoms with E-state index in [1.54, 1.807) is 6.92 Å². The molecule has 88 valence electrons. The van der Waals surface area contributed by atoms with Crippen LogP contribution in [0.3, 0.4) is 0 Å². The lowest BCUT2D eigenvalue weighted by Crippen LogP contribution is -1.97. The van der Waals surface area contributed by atoms with Gasteiger partial charge in [-0.25, -0.2) is 4.57 Å². The molecule has 0 amide bonds. The maximum Gasteiger partial charge on any atom is 0.469 e. The van der Waals surface area contributed by atoms with Crippen LogP contribution in [0.2, 0.25) is 0 Å². The van der Waals surface area contributed by atoms with E-state index < -0.39 is 7.82 Å². The normalized spacial score (nSPS) is 11.4. The third kappa shape index (κ3) is 3.15. The summed E-state index contributed by atoms with van der Waals surface area (Å²) in [6, 6.07) is 0. The zero-order chi connectivity index (χ0) is 12.3. The number of pyridine rings is 1. The molecule has 0 aliphatic heterocycles. The standard InChI is InChI=1S/C9H12NO5P/c1-3-8-9(11)6(2)7(4-10-8)5-15-16(12,13)14/h3-4,11H,1,5H2,2H3,(H2,12,13,14). The summed E-state index contributed by atoms with van der Waals surface area (Å²) in [5, 5.41) is 9.62. The van der Waals surface area contributed by atoms with Crippen molar-refractivity contribution in [3.63, 3.8) is 0 Å². The summed E-state index contributed by atoms with van der Waals surface area (Å²) >= 11 is 0. The molecule has 1 heterocycles. The average Bonchev–Trinajstić information content (AvgIpc) is 2.19. The Morgan fingerprint density at radius 3 is 2.75 bits per heavy atom. The first-order chi connectivity index (χ1) is 7.35. The van der Waals surface area contributed by atoms with E-state index in [4.69, 9.17) is 9.79 Å². The van der Waals surface area contributed by atoms with Gasteiger partial charge in [-0.05, 0) is 13.0 Å². The Bertz CT molecular complexity index is 453. The number of hydrogen-bond donors (Lipinski definition) is 3. The number of aromatic hydroxyl groups is 1. The highest BCUT2D eigenvalue weighted by molar-refractivity contribution is 7.46. The third-order valence-corrected chi connectivity index (χ3v) is 2.49. The summed E-state index contributed by atoms with van der Waals surface area (Å²) in [5.74, 6) is -0.0678. The minimum absolute atomic E-state index is 0.0678. The van der Waals surface area contributed by atoms with Crippen LogP contribution in [0.4, 0.5) is 0 Å². The van der Waals surface area contributed by atoms with Crippen molar-refractivity contribution < 1.29 is 24.0 Å². The van der Waals surface area contributed by atoms with Crippen LogP contribution in [0, 0.1) is 6.92 Å². The van der Waals surface area contributed by atoms with Gasteiger partial charge in [0.05, 0.1) is 6.61 Å². The van der Waals surface area contributed by atoms with Crippen LogP contribution < -0.4 is 0 Å². The van der Waals surface area contributed by atoms with Crippen LogP contribution in [0.1, 0.15) is 16.8 Å². The Labute approximate surface area is 92.5 Å². The summed E-state index contributed by atoms with van der Waals surface area (Å²) in [6.07, 6.45) is 2.76. The van der Waals surface area contributed by atoms with Crippen LogP contribution in [0.5, 0.6) is 5.75 Å². The summed E-state index contributed by atoms with van der Waals surface area (Å²) in [4.78, 5) is 20.9. The van der Waals surface area contributed by atoms with E-state index in [0.717, 1.165) is 0 Å². The zero-order valence-electron chi connectivity index (χ0n) is 8.62. The summed E-state index contributed by atoms with van der Waals surface area (Å²) in [6.45, 7) is 4.76. The minimum Gasteiger partial charge on any atom is -0.505 e. The molecule has 0 aliphatic carbocycles. The lowest BCUT2D eigenvalue weighted by Gasteiger charge is -2.10. The van der Waals surface area contributed by atoms with E-state index in [-0.39, 0.29) is 12.4 Å². The molecule has 0 bridgehead atoms. The molecule has 3 N–H and O–H groups in total. The van der Waals surface area contributed by atoms with Gasteiger partial charge in [0.2, 0.25) is 0 Å². The predicted octanol–water partition coefficient (Wildman–Crippen LogP) is 1.35. The van der Waals surface area contributed by atoms with Gasteiger partial charge in [0.15, 0.2) is 0 Å². The number of phosphoric ester groups is 1. The van der Waals surface area contributed by atoms with Crippen LogP contribution in [0.25, 0.3) is 6.08 Å². The molecule has 0 aliphatic rings. The molecule has 1 rings (SSSR count). The molecular weight excluding hydrogens is 233 g/mol. The second-order valence-electron chi connectivity index (χ2n) is 3.11. The van der Waals surface area contributed by atoms with Gasteiger partial charge < -0.3 is 14.9 Å². The van der Waals surface area contributed by atoms with Crippen molar-refractivity contribution in [2.24, 2.45) is 0 Å². The molecule has 0 atom stereocenters. The molecule has 0 radical (unpaired) electrons. The molecular formula is C9H12NO5P. The Kier molecular flexibility index (Phi) is 3.83. The molecule has 1 aromatic rings. The number of hydrogen-bond acceptors (Lipinski definition) is 4. The SMILES string of the molecule is C=Cc1ncc(COP(=O)(O)O)c(C)c1O. The maximum absolute atomic E-state index is 10.5. The average molecular weight is 245 g/mol. The highest BCUT2D eigenvalue weighted by Gasteiger charge is 2.16. The Balaban J connectivity index is 2.95. The molecule has 0 fully saturated rings. The molecule has 1 aromatic heterocycles. The van der Waals surface area contributed by atoms with Crippen LogP contribution in [-0.4, -0.2) is 19.9 Å². The van der Waals surface area contributed by atoms with Crippen LogP contribution in [-0.2, 0) is 15.7 Å². The Morgan fingerprint density at radius 1 is 1.62 bits per heavy atom. The van der Waals surface area contributed by atoms with Crippen molar-refractivity contribution in [3.05, 3.63) is 29.6 Å². The zero-order valence-corrected chi connectivity index (χ0v) is 9.52. The van der Waals surface area contributed by atoms with E-state index >= 15 is 0 Å². The van der Waals surface area contributed by atoms with Crippen molar-refractivity contribution in [1.82, 2.24) is 4.98 Å². The van der Waals surface area contributed by atoms with Gasteiger partial charge in [0.1, 0.15) is 11.4 Å². The lowest BCUT2D eigenvalue weighted by atomic mass is 10.1. The third-order valence-electron chi connectivity index (χ3n) is 2.02. The first kappa shape index (κ1) is 12.9. The molecule has 0 saturated carbocycles. The van der Waals surface area contributed by atoms with Gasteiger partial charge in [0.25, 0.3) is 0 Å². The molecule has 7 heteroatoms. The molecule has 0 spiro atoms. The van der Waals surface area contributed by atoms with Gasteiger partial charge in [-0.1, -0.05) is 6.58 Å². The van der Waals surface area contributed by atoms with E-state index in [1.165, 1.54) is 12.3 Å². The highest BCUT2D eigenvalue weighted by Crippen LogP contribution is 2.37. The summed E-state index contributed by atoms with van der Waals surface area (Å²) in [7, 11) is -4.51. The second-order valence-corrected chi connectivity index (χ2v) is 4.35. The van der Waals surface area contributed by atoms with Gasteiger partial charge >= 0.3 is 7.82 Å². The van der Waals surface area contributed by atoms with Gasteiger partial charge in [-0.2, -0.15) is 0 Å². The fourth-order valence-electron chi connectivity index (χ4n) is 1.10. The van der Waals surface area contributed by atoms with Crippen LogP contribution >= 0.6 is 7.82 Å². The predicted molar refractivity (Wildman–Crippen MR) is 57.6 cm³/mol. The monoisotopic (exact) mass is 245 g/mol. The molecule has 0 aromatic carbocycles. The van der Waals surface area contributed by atoms with E-state index in [9.17, 15) is 9.67 Å². The number of aromatic nitrogens is 1. The van der Waals surface area contributed by atoms with Crippen molar-refractivity contribution in [3.8, 4) is 5.75 Å². The summed E-state index contributed by atoms with van der Waals surface area (Å²) in [5.41, 5.74) is 1.18. The van der Waals surface area contributed by atoms with Gasteiger partial charge in [-0.15, -0.1) is 0 Å². The van der Waals surface area contributed by atoms with E-state index in [1.807, 2.05) is 0 Å². The maximum atomic E-state index is 10.5. The lowest BCUT2D eigenvalue weighted by molar-refractivity contribution is 0.188. The van der Waals surface area contributed by atoms with E-state index in [2.05, 4.69) is 16.1 Å². The van der Waals surface area contributed by atoms with Gasteiger partial charge in [-0.3, -0.25) is 9.51 Å². The quantitative estimate of drug-likeness (QED) is 0.692. The number of rotatable bonds is 4. The first-order valence-electron chi connectivity index (χ1n) is 4.35. The van der Waals surface area contributed by atoms with Crippen molar-refractivity contribution in [2.75, 3.05) is 0 Å². The molecule has 0 saturated heterocycles. The first-order valence-corrected chi connectivity index (χ1v) is 5.88. The largest absolute Gasteiger partial charge is 0.505 e. The molecule has 0 unspecified atom stereocenters. The van der Waals surface area contributed by atoms with E-state index in [0.29, 0.717) is 16.8 Å². The fourth-order valence-corrected chi connectivity index (χ4v) is 1.41. The van der Waals surface area contributed by atoms with Gasteiger partial charge in [0, 0.05) is 17.3 Å². The fraction of sp³-hybridized carbons (Fsp3) is 0.222. The topological polar surface area (TPSA) is 99.9 Å². The number of phosphoric acid groups is 1. The Hall–Kier alpha value is -1.20. The van der Waals surface area contributed by atoms with Crippen molar-refractivity contribution in [1.29, 1.82) is 0 Å². The molecule has 16 heavy (non-hydrogen) atoms. The highest BCUT2D eigenvalue weighted by atomic mass is 31.2. The second kappa shape index (κ2) is 4.76. The Morgan fingerprint density at radius 2 is 2.25 bits per heavy atom. The smallest absolute Gasteiger partial charge is 0.469 e. The van der Waals surface area contributed by atoms with Crippen LogP contribution in [0.15, 0.2) is 12.8 Å².